The van der Waals surface area contributed by atoms with Crippen LogP contribution in [0, 0.1) is 0 Å². The van der Waals surface area contributed by atoms with Crippen LogP contribution in [0.25, 0.3) is 0 Å². The maximum absolute atomic E-state index is 11.8. The monoisotopic (exact) mass is 263 g/mol. The SMILES string of the molecule is COCCOCC(=O)C(C)(C)NCCOCCO. The van der Waals surface area contributed by atoms with Crippen LogP contribution in [0.3, 0.4) is 0 Å². The van der Waals surface area contributed by atoms with Gasteiger partial charge in [0.2, 0.25) is 0 Å². The van der Waals surface area contributed by atoms with Crippen LogP contribution >= 0.6 is 0 Å². The second kappa shape index (κ2) is 10.4. The van der Waals surface area contributed by atoms with Crippen LogP contribution in [-0.4, -0.2) is 69.7 Å². The van der Waals surface area contributed by atoms with Crippen molar-refractivity contribution in [2.24, 2.45) is 0 Å². The Labute approximate surface area is 109 Å². The van der Waals surface area contributed by atoms with Gasteiger partial charge in [-0.15, -0.1) is 0 Å². The molecule has 2 N–H and O–H groups in total. The van der Waals surface area contributed by atoms with Gasteiger partial charge in [-0.3, -0.25) is 4.79 Å². The fourth-order valence-corrected chi connectivity index (χ4v) is 1.19. The first-order chi connectivity index (χ1) is 8.54. The quantitative estimate of drug-likeness (QED) is 0.466. The zero-order valence-electron chi connectivity index (χ0n) is 11.5. The zero-order valence-corrected chi connectivity index (χ0v) is 11.5. The van der Waals surface area contributed by atoms with Gasteiger partial charge in [0, 0.05) is 13.7 Å². The number of carbonyl (C=O) groups is 1. The third kappa shape index (κ3) is 8.54. The van der Waals surface area contributed by atoms with Gasteiger partial charge >= 0.3 is 0 Å². The number of hydrogen-bond acceptors (Lipinski definition) is 6. The van der Waals surface area contributed by atoms with Gasteiger partial charge in [0.15, 0.2) is 5.78 Å². The van der Waals surface area contributed by atoms with Crippen LogP contribution in [0.1, 0.15) is 13.8 Å². The summed E-state index contributed by atoms with van der Waals surface area (Å²) in [6.45, 7) is 5.92. The smallest absolute Gasteiger partial charge is 0.177 e. The summed E-state index contributed by atoms with van der Waals surface area (Å²) >= 11 is 0. The number of carbonyl (C=O) groups excluding carboxylic acids is 1. The molecule has 0 spiro atoms. The highest BCUT2D eigenvalue weighted by Crippen LogP contribution is 2.04. The fourth-order valence-electron chi connectivity index (χ4n) is 1.19. The van der Waals surface area contributed by atoms with Crippen LogP contribution in [0.2, 0.25) is 0 Å². The van der Waals surface area contributed by atoms with E-state index in [9.17, 15) is 4.79 Å². The number of aliphatic hydroxyl groups is 1. The highest BCUT2D eigenvalue weighted by molar-refractivity contribution is 5.88. The van der Waals surface area contributed by atoms with Crippen molar-refractivity contribution in [1.29, 1.82) is 0 Å². The third-order valence-electron chi connectivity index (χ3n) is 2.41. The van der Waals surface area contributed by atoms with Crippen molar-refractivity contribution in [3.8, 4) is 0 Å². The van der Waals surface area contributed by atoms with Crippen LogP contribution in [0.15, 0.2) is 0 Å². The fraction of sp³-hybridized carbons (Fsp3) is 0.917. The van der Waals surface area contributed by atoms with E-state index in [1.807, 2.05) is 0 Å². The molecule has 0 amide bonds. The number of Topliss-reactive ketones (excluding diaryl/α,β-unsaturated/α-hetero) is 1. The summed E-state index contributed by atoms with van der Waals surface area (Å²) in [5.74, 6) is -0.0132. The first-order valence-corrected chi connectivity index (χ1v) is 6.08. The lowest BCUT2D eigenvalue weighted by Gasteiger charge is -2.24. The van der Waals surface area contributed by atoms with Crippen LogP contribution < -0.4 is 5.32 Å². The van der Waals surface area contributed by atoms with Gasteiger partial charge in [-0.1, -0.05) is 0 Å². The van der Waals surface area contributed by atoms with E-state index in [0.717, 1.165) is 0 Å². The molecule has 0 saturated carbocycles. The number of nitrogens with one attached hydrogen (secondary N) is 1. The molecule has 0 aromatic rings. The standard InChI is InChI=1S/C12H25NO5/c1-12(2,13-4-6-17-7-5-14)11(15)10-18-9-8-16-3/h13-14H,4-10H2,1-3H3. The average Bonchev–Trinajstić information content (AvgIpc) is 2.34. The molecule has 0 bridgehead atoms. The highest BCUT2D eigenvalue weighted by atomic mass is 16.5. The van der Waals surface area contributed by atoms with E-state index < -0.39 is 5.54 Å². The molecule has 108 valence electrons. The largest absolute Gasteiger partial charge is 0.394 e. The summed E-state index contributed by atoms with van der Waals surface area (Å²) in [4.78, 5) is 11.8. The van der Waals surface area contributed by atoms with E-state index in [4.69, 9.17) is 19.3 Å². The molecule has 18 heavy (non-hydrogen) atoms. The Kier molecular flexibility index (Phi) is 10.1. The van der Waals surface area contributed by atoms with Crippen molar-refractivity contribution in [3.05, 3.63) is 0 Å². The predicted octanol–water partition coefficient (Wildman–Crippen LogP) is -0.404. The number of hydrogen-bond donors (Lipinski definition) is 2. The lowest BCUT2D eigenvalue weighted by atomic mass is 10.00. The first-order valence-electron chi connectivity index (χ1n) is 6.08. The van der Waals surface area contributed by atoms with E-state index in [1.165, 1.54) is 0 Å². The predicted molar refractivity (Wildman–Crippen MR) is 67.7 cm³/mol. The summed E-state index contributed by atoms with van der Waals surface area (Å²) in [6, 6.07) is 0. The van der Waals surface area contributed by atoms with Crippen molar-refractivity contribution in [3.63, 3.8) is 0 Å². The topological polar surface area (TPSA) is 77.0 Å². The summed E-state index contributed by atoms with van der Waals surface area (Å²) in [5.41, 5.74) is -0.643. The Morgan fingerprint density at radius 1 is 1.17 bits per heavy atom. The van der Waals surface area contributed by atoms with Gasteiger partial charge in [-0.2, -0.15) is 0 Å². The maximum atomic E-state index is 11.8. The molecule has 0 aliphatic rings. The first kappa shape index (κ1) is 17.5. The maximum Gasteiger partial charge on any atom is 0.177 e. The van der Waals surface area contributed by atoms with Crippen molar-refractivity contribution in [1.82, 2.24) is 5.32 Å². The molecule has 0 aromatic heterocycles. The van der Waals surface area contributed by atoms with Crippen LogP contribution in [0.5, 0.6) is 0 Å². The van der Waals surface area contributed by atoms with Gasteiger partial charge in [-0.05, 0) is 13.8 Å². The summed E-state index contributed by atoms with van der Waals surface area (Å²) < 4.78 is 15.1. The van der Waals surface area contributed by atoms with Gasteiger partial charge in [0.25, 0.3) is 0 Å². The summed E-state index contributed by atoms with van der Waals surface area (Å²) in [6.07, 6.45) is 0. The van der Waals surface area contributed by atoms with Gasteiger partial charge in [0.1, 0.15) is 6.61 Å². The minimum Gasteiger partial charge on any atom is -0.394 e. The molecule has 0 fully saturated rings. The molecule has 0 unspecified atom stereocenters. The number of rotatable bonds is 12. The van der Waals surface area contributed by atoms with Gasteiger partial charge in [0.05, 0.1) is 38.6 Å². The van der Waals surface area contributed by atoms with Gasteiger partial charge < -0.3 is 24.6 Å². The normalized spacial score (nSPS) is 11.8. The molecule has 0 radical (unpaired) electrons. The molecule has 6 heteroatoms. The minimum atomic E-state index is -0.643. The molecule has 0 atom stereocenters. The van der Waals surface area contributed by atoms with Crippen molar-refractivity contribution in [2.75, 3.05) is 53.3 Å². The molecule has 0 aliphatic carbocycles. The van der Waals surface area contributed by atoms with Crippen molar-refractivity contribution >= 4 is 5.78 Å². The molecule has 0 aromatic carbocycles. The lowest BCUT2D eigenvalue weighted by Crippen LogP contribution is -2.49. The number of aliphatic hydroxyl groups excluding tert-OH is 1. The Bertz CT molecular complexity index is 221. The Balaban J connectivity index is 3.71. The molecule has 6 nitrogen and oxygen atoms in total. The number of methoxy groups -OCH3 is 1. The average molecular weight is 263 g/mol. The third-order valence-corrected chi connectivity index (χ3v) is 2.41. The molecule has 0 heterocycles. The minimum absolute atomic E-state index is 0.00959. The van der Waals surface area contributed by atoms with Crippen molar-refractivity contribution in [2.45, 2.75) is 19.4 Å². The van der Waals surface area contributed by atoms with E-state index >= 15 is 0 Å². The molecular weight excluding hydrogens is 238 g/mol. The van der Waals surface area contributed by atoms with E-state index in [0.29, 0.717) is 33.0 Å². The van der Waals surface area contributed by atoms with Crippen LogP contribution in [-0.2, 0) is 19.0 Å². The number of ketones is 1. The zero-order chi connectivity index (χ0) is 13.9. The lowest BCUT2D eigenvalue weighted by molar-refractivity contribution is -0.129. The van der Waals surface area contributed by atoms with E-state index in [2.05, 4.69) is 5.32 Å². The highest BCUT2D eigenvalue weighted by Gasteiger charge is 2.26. The van der Waals surface area contributed by atoms with E-state index in [1.54, 1.807) is 21.0 Å². The Hall–Kier alpha value is -0.530. The molecule has 0 aliphatic heterocycles. The summed E-state index contributed by atoms with van der Waals surface area (Å²) in [5, 5.41) is 11.6. The van der Waals surface area contributed by atoms with Gasteiger partial charge in [-0.25, -0.2) is 0 Å². The second-order valence-electron chi connectivity index (χ2n) is 4.36. The summed E-state index contributed by atoms with van der Waals surface area (Å²) in [7, 11) is 1.59. The van der Waals surface area contributed by atoms with E-state index in [-0.39, 0.29) is 19.0 Å². The molecule has 0 rings (SSSR count). The number of ether oxygens (including phenoxy) is 3. The van der Waals surface area contributed by atoms with Crippen molar-refractivity contribution < 1.29 is 24.1 Å². The Morgan fingerprint density at radius 3 is 2.50 bits per heavy atom. The molecular formula is C12H25NO5. The Morgan fingerprint density at radius 2 is 1.89 bits per heavy atom. The van der Waals surface area contributed by atoms with Crippen LogP contribution in [0.4, 0.5) is 0 Å². The molecule has 0 saturated heterocycles. The second-order valence-corrected chi connectivity index (χ2v) is 4.36.